The number of rotatable bonds is 15. The number of aliphatic hydroxyl groups is 1. The summed E-state index contributed by atoms with van der Waals surface area (Å²) in [5, 5.41) is 36.5. The molecule has 216 valence electrons. The van der Waals surface area contributed by atoms with Crippen molar-refractivity contribution < 1.29 is 24.9 Å². The summed E-state index contributed by atoms with van der Waals surface area (Å²) in [6.07, 6.45) is 3.22. The molecule has 1 amide bonds. The van der Waals surface area contributed by atoms with E-state index in [9.17, 15) is 24.9 Å². The van der Waals surface area contributed by atoms with Gasteiger partial charge >= 0.3 is 6.09 Å². The third-order valence-electron chi connectivity index (χ3n) is 6.96. The molecule has 2 atom stereocenters. The zero-order chi connectivity index (χ0) is 29.0. The van der Waals surface area contributed by atoms with Crippen molar-refractivity contribution in [3.05, 3.63) is 106 Å². The molecular formula is C32H37N3O6. The van der Waals surface area contributed by atoms with Crippen LogP contribution in [0.4, 0.5) is 4.79 Å². The molecule has 1 aromatic heterocycles. The predicted molar refractivity (Wildman–Crippen MR) is 159 cm³/mol. The molecule has 0 bridgehead atoms. The Balaban J connectivity index is 1.13. The maximum atomic E-state index is 11.6. The molecule has 3 aromatic carbocycles. The molecule has 0 aliphatic rings. The molecule has 4 aromatic rings. The van der Waals surface area contributed by atoms with Gasteiger partial charge in [-0.05, 0) is 60.3 Å². The lowest BCUT2D eigenvalue weighted by atomic mass is 9.98. The Bertz CT molecular complexity index is 1470. The molecule has 9 nitrogen and oxygen atoms in total. The summed E-state index contributed by atoms with van der Waals surface area (Å²) in [4.78, 5) is 25.6. The molecule has 0 spiro atoms. The monoisotopic (exact) mass is 559 g/mol. The number of pyridine rings is 1. The van der Waals surface area contributed by atoms with Crippen LogP contribution >= 0.6 is 0 Å². The minimum Gasteiger partial charge on any atom is -0.506 e. The third-order valence-corrected chi connectivity index (χ3v) is 6.96. The average Bonchev–Trinajstić information content (AvgIpc) is 2.97. The van der Waals surface area contributed by atoms with E-state index in [1.54, 1.807) is 12.1 Å². The summed E-state index contributed by atoms with van der Waals surface area (Å²) >= 11 is 0. The first kappa shape index (κ1) is 29.6. The highest BCUT2D eigenvalue weighted by Crippen LogP contribution is 2.29. The molecule has 0 aliphatic heterocycles. The molecule has 0 radical (unpaired) electrons. The number of aromatic amines is 1. The number of amides is 1. The number of nitrogens with one attached hydrogen (secondary N) is 3. The van der Waals surface area contributed by atoms with Crippen molar-refractivity contribution in [2.75, 3.05) is 19.7 Å². The molecule has 0 aliphatic carbocycles. The highest BCUT2D eigenvalue weighted by atomic mass is 16.5. The van der Waals surface area contributed by atoms with Gasteiger partial charge in [-0.1, -0.05) is 67.8 Å². The second-order valence-electron chi connectivity index (χ2n) is 9.99. The lowest BCUT2D eigenvalue weighted by molar-refractivity contribution is 0.176. The van der Waals surface area contributed by atoms with Crippen LogP contribution in [0.25, 0.3) is 10.9 Å². The summed E-state index contributed by atoms with van der Waals surface area (Å²) in [5.74, 6) is 0.691. The molecule has 0 saturated heterocycles. The minimum atomic E-state index is -1.08. The molecule has 2 unspecified atom stereocenters. The van der Waals surface area contributed by atoms with Gasteiger partial charge in [0.2, 0.25) is 5.56 Å². The average molecular weight is 560 g/mol. The van der Waals surface area contributed by atoms with Gasteiger partial charge < -0.3 is 35.7 Å². The lowest BCUT2D eigenvalue weighted by Crippen LogP contribution is -2.27. The third kappa shape index (κ3) is 8.57. The number of aromatic hydroxyl groups is 1. The van der Waals surface area contributed by atoms with Gasteiger partial charge in [-0.3, -0.25) is 4.79 Å². The number of carboxylic acid groups (broad SMARTS) is 1. The Hall–Kier alpha value is -4.34. The van der Waals surface area contributed by atoms with E-state index in [1.807, 2.05) is 54.6 Å². The largest absolute Gasteiger partial charge is 0.506 e. The fourth-order valence-corrected chi connectivity index (χ4v) is 4.88. The molecule has 1 heterocycles. The van der Waals surface area contributed by atoms with E-state index in [0.29, 0.717) is 35.4 Å². The van der Waals surface area contributed by atoms with Crippen molar-refractivity contribution in [1.29, 1.82) is 0 Å². The zero-order valence-electron chi connectivity index (χ0n) is 22.9. The van der Waals surface area contributed by atoms with Crippen molar-refractivity contribution in [1.82, 2.24) is 15.6 Å². The molecular weight excluding hydrogens is 522 g/mol. The first-order valence-corrected chi connectivity index (χ1v) is 13.9. The van der Waals surface area contributed by atoms with Gasteiger partial charge in [0, 0.05) is 18.0 Å². The van der Waals surface area contributed by atoms with E-state index in [-0.39, 0.29) is 11.3 Å². The lowest BCUT2D eigenvalue weighted by Gasteiger charge is -2.19. The van der Waals surface area contributed by atoms with E-state index >= 15 is 0 Å². The standard InChI is InChI=1S/C32H37N3O6/c36-27-16-14-25(26-15-17-29(38)34-31(26)27)28(37)21-33-18-7-2-1-3-8-19-41-24-13-9-12-23(20-24)30(35-32(39)40)22-10-5-4-6-11-22/h4-6,9-17,20,28,30,33,35-37H,1-3,7-8,18-19,21H2,(H,34,38)(H,39,40). The summed E-state index contributed by atoms with van der Waals surface area (Å²) in [6.45, 7) is 1.74. The van der Waals surface area contributed by atoms with Crippen molar-refractivity contribution in [3.8, 4) is 11.5 Å². The number of aliphatic hydroxyl groups excluding tert-OH is 1. The Morgan fingerprint density at radius 2 is 1.63 bits per heavy atom. The van der Waals surface area contributed by atoms with Gasteiger partial charge in [-0.15, -0.1) is 0 Å². The van der Waals surface area contributed by atoms with Gasteiger partial charge in [-0.25, -0.2) is 4.79 Å². The molecule has 6 N–H and O–H groups in total. The van der Waals surface area contributed by atoms with Crippen LogP contribution in [-0.4, -0.2) is 46.1 Å². The van der Waals surface area contributed by atoms with Crippen LogP contribution in [0, 0.1) is 0 Å². The minimum absolute atomic E-state index is 0.0229. The number of hydrogen-bond donors (Lipinski definition) is 6. The SMILES string of the molecule is O=C(O)NC(c1ccccc1)c1cccc(OCCCCCCCNCC(O)c2ccc(O)c3[nH]c(=O)ccc23)c1. The number of hydrogen-bond acceptors (Lipinski definition) is 6. The number of ether oxygens (including phenoxy) is 1. The maximum absolute atomic E-state index is 11.6. The van der Waals surface area contributed by atoms with E-state index < -0.39 is 18.2 Å². The second-order valence-corrected chi connectivity index (χ2v) is 9.99. The molecule has 4 rings (SSSR count). The highest BCUT2D eigenvalue weighted by molar-refractivity contribution is 5.87. The predicted octanol–water partition coefficient (Wildman–Crippen LogP) is 5.24. The van der Waals surface area contributed by atoms with E-state index in [1.165, 1.54) is 12.1 Å². The van der Waals surface area contributed by atoms with Crippen molar-refractivity contribution in [2.24, 2.45) is 0 Å². The van der Waals surface area contributed by atoms with Crippen molar-refractivity contribution >= 4 is 17.0 Å². The van der Waals surface area contributed by atoms with Crippen LogP contribution in [0.5, 0.6) is 11.5 Å². The maximum Gasteiger partial charge on any atom is 0.405 e. The van der Waals surface area contributed by atoms with E-state index in [0.717, 1.165) is 49.8 Å². The number of aromatic nitrogens is 1. The fourth-order valence-electron chi connectivity index (χ4n) is 4.88. The molecule has 0 fully saturated rings. The quantitative estimate of drug-likeness (QED) is 0.109. The summed E-state index contributed by atoms with van der Waals surface area (Å²) in [7, 11) is 0. The van der Waals surface area contributed by atoms with Gasteiger partial charge in [0.05, 0.1) is 24.3 Å². The fraction of sp³-hybridized carbons (Fsp3) is 0.312. The summed E-state index contributed by atoms with van der Waals surface area (Å²) in [5.41, 5.74) is 2.36. The van der Waals surface area contributed by atoms with Gasteiger partial charge in [0.25, 0.3) is 0 Å². The first-order valence-electron chi connectivity index (χ1n) is 13.9. The Morgan fingerprint density at radius 3 is 2.44 bits per heavy atom. The smallest absolute Gasteiger partial charge is 0.405 e. The van der Waals surface area contributed by atoms with Gasteiger partial charge in [0.15, 0.2) is 0 Å². The van der Waals surface area contributed by atoms with Crippen LogP contribution in [0.15, 0.2) is 83.7 Å². The summed E-state index contributed by atoms with van der Waals surface area (Å²) in [6, 6.07) is 22.7. The number of benzene rings is 3. The molecule has 0 saturated carbocycles. The van der Waals surface area contributed by atoms with Crippen molar-refractivity contribution in [2.45, 2.75) is 44.2 Å². The van der Waals surface area contributed by atoms with Crippen LogP contribution in [-0.2, 0) is 0 Å². The Morgan fingerprint density at radius 1 is 0.878 bits per heavy atom. The Labute approximate surface area is 238 Å². The van der Waals surface area contributed by atoms with Crippen LogP contribution in [0.3, 0.4) is 0 Å². The number of carbonyl (C=O) groups is 1. The van der Waals surface area contributed by atoms with Crippen LogP contribution < -0.4 is 20.9 Å². The normalized spacial score (nSPS) is 12.6. The highest BCUT2D eigenvalue weighted by Gasteiger charge is 2.17. The molecule has 9 heteroatoms. The van der Waals surface area contributed by atoms with Crippen molar-refractivity contribution in [3.63, 3.8) is 0 Å². The Kier molecular flexibility index (Phi) is 10.8. The molecule has 41 heavy (non-hydrogen) atoms. The second kappa shape index (κ2) is 14.9. The zero-order valence-corrected chi connectivity index (χ0v) is 22.9. The topological polar surface area (TPSA) is 144 Å². The summed E-state index contributed by atoms with van der Waals surface area (Å²) < 4.78 is 5.95. The van der Waals surface area contributed by atoms with Crippen LogP contribution in [0.2, 0.25) is 0 Å². The number of fused-ring (bicyclic) bond motifs is 1. The number of phenolic OH excluding ortho intramolecular Hbond substituents is 1. The van der Waals surface area contributed by atoms with E-state index in [4.69, 9.17) is 4.74 Å². The number of unbranched alkanes of at least 4 members (excludes halogenated alkanes) is 4. The van der Waals surface area contributed by atoms with Gasteiger partial charge in [0.1, 0.15) is 11.5 Å². The number of phenols is 1. The van der Waals surface area contributed by atoms with Gasteiger partial charge in [-0.2, -0.15) is 0 Å². The van der Waals surface area contributed by atoms with Crippen LogP contribution in [0.1, 0.15) is 60.9 Å². The van der Waals surface area contributed by atoms with E-state index in [2.05, 4.69) is 15.6 Å². The first-order chi connectivity index (χ1) is 19.9. The number of H-pyrrole nitrogens is 1.